The van der Waals surface area contributed by atoms with Crippen LogP contribution in [-0.2, 0) is 0 Å². The lowest BCUT2D eigenvalue weighted by molar-refractivity contribution is 0.295. The largest absolute Gasteiger partial charge is 0.309 e. The van der Waals surface area contributed by atoms with E-state index in [1.807, 2.05) is 0 Å². The lowest BCUT2D eigenvalue weighted by atomic mass is 10.0. The predicted octanol–water partition coefficient (Wildman–Crippen LogP) is 1.63. The van der Waals surface area contributed by atoms with Gasteiger partial charge in [0.25, 0.3) is 0 Å². The fourth-order valence-corrected chi connectivity index (χ4v) is 1.49. The summed E-state index contributed by atoms with van der Waals surface area (Å²) in [6, 6.07) is 1.24. The topological polar surface area (TPSA) is 15.3 Å². The maximum atomic E-state index is 3.57. The number of likely N-dealkylation sites (N-methyl/N-ethyl adjacent to an activating group) is 1. The normalized spacial score (nSPS) is 25.1. The summed E-state index contributed by atoms with van der Waals surface area (Å²) in [6.07, 6.45) is 8.51. The smallest absolute Gasteiger partial charge is 0.0250 e. The highest BCUT2D eigenvalue weighted by Crippen LogP contribution is 2.09. The number of nitrogens with one attached hydrogen (secondary N) is 1. The molecular formula is C11H22N2. The molecule has 0 heterocycles. The van der Waals surface area contributed by atoms with Crippen LogP contribution in [0.15, 0.2) is 12.2 Å². The molecule has 1 aliphatic carbocycles. The zero-order valence-corrected chi connectivity index (χ0v) is 9.09. The summed E-state index contributed by atoms with van der Waals surface area (Å²) in [6.45, 7) is 3.33. The van der Waals surface area contributed by atoms with Crippen LogP contribution in [0.5, 0.6) is 0 Å². The average molecular weight is 182 g/mol. The Hall–Kier alpha value is -0.340. The van der Waals surface area contributed by atoms with Crippen molar-refractivity contribution >= 4 is 0 Å². The maximum absolute atomic E-state index is 3.57. The molecule has 0 aromatic carbocycles. The Kier molecular flexibility index (Phi) is 4.46. The number of hydrogen-bond donors (Lipinski definition) is 1. The molecule has 2 heteroatoms. The number of rotatable bonds is 4. The van der Waals surface area contributed by atoms with E-state index in [0.29, 0.717) is 12.1 Å². The molecule has 0 saturated heterocycles. The zero-order chi connectivity index (χ0) is 9.68. The Morgan fingerprint density at radius 2 is 2.31 bits per heavy atom. The molecule has 2 atom stereocenters. The molecule has 0 spiro atoms. The van der Waals surface area contributed by atoms with Gasteiger partial charge < -0.3 is 10.2 Å². The van der Waals surface area contributed by atoms with E-state index in [-0.39, 0.29) is 0 Å². The van der Waals surface area contributed by atoms with Crippen LogP contribution in [0.3, 0.4) is 0 Å². The Morgan fingerprint density at radius 3 is 2.85 bits per heavy atom. The fraction of sp³-hybridized carbons (Fsp3) is 0.818. The second-order valence-electron chi connectivity index (χ2n) is 4.19. The number of nitrogens with zero attached hydrogens (tertiary/aromatic N) is 1. The molecule has 2 unspecified atom stereocenters. The van der Waals surface area contributed by atoms with Gasteiger partial charge in [0.05, 0.1) is 0 Å². The molecule has 0 aromatic rings. The van der Waals surface area contributed by atoms with E-state index < -0.39 is 0 Å². The first-order chi connectivity index (χ1) is 6.20. The third kappa shape index (κ3) is 3.92. The van der Waals surface area contributed by atoms with Crippen molar-refractivity contribution in [3.05, 3.63) is 12.2 Å². The van der Waals surface area contributed by atoms with E-state index in [1.54, 1.807) is 0 Å². The minimum Gasteiger partial charge on any atom is -0.309 e. The molecule has 0 radical (unpaired) electrons. The zero-order valence-electron chi connectivity index (χ0n) is 9.09. The van der Waals surface area contributed by atoms with Crippen LogP contribution >= 0.6 is 0 Å². The Morgan fingerprint density at radius 1 is 1.54 bits per heavy atom. The van der Waals surface area contributed by atoms with Crippen molar-refractivity contribution in [1.29, 1.82) is 0 Å². The van der Waals surface area contributed by atoms with Crippen LogP contribution in [0, 0.1) is 0 Å². The molecule has 1 aliphatic rings. The van der Waals surface area contributed by atoms with Gasteiger partial charge in [-0.2, -0.15) is 0 Å². The third-order valence-corrected chi connectivity index (χ3v) is 2.81. The van der Waals surface area contributed by atoms with Crippen molar-refractivity contribution in [1.82, 2.24) is 10.2 Å². The maximum Gasteiger partial charge on any atom is 0.0250 e. The highest BCUT2D eigenvalue weighted by atomic mass is 15.1. The lowest BCUT2D eigenvalue weighted by Gasteiger charge is -2.24. The van der Waals surface area contributed by atoms with Gasteiger partial charge in [0, 0.05) is 18.6 Å². The summed E-state index contributed by atoms with van der Waals surface area (Å²) in [7, 11) is 4.26. The molecule has 13 heavy (non-hydrogen) atoms. The quantitative estimate of drug-likeness (QED) is 0.665. The van der Waals surface area contributed by atoms with E-state index >= 15 is 0 Å². The van der Waals surface area contributed by atoms with E-state index in [2.05, 4.69) is 43.4 Å². The third-order valence-electron chi connectivity index (χ3n) is 2.81. The van der Waals surface area contributed by atoms with Crippen LogP contribution in [0.1, 0.15) is 26.2 Å². The van der Waals surface area contributed by atoms with Gasteiger partial charge in [-0.25, -0.2) is 0 Å². The first kappa shape index (κ1) is 10.7. The van der Waals surface area contributed by atoms with E-state index in [9.17, 15) is 0 Å². The Labute approximate surface area is 82.0 Å². The second kappa shape index (κ2) is 5.40. The first-order valence-electron chi connectivity index (χ1n) is 5.26. The van der Waals surface area contributed by atoms with Gasteiger partial charge >= 0.3 is 0 Å². The summed E-state index contributed by atoms with van der Waals surface area (Å²) in [5.74, 6) is 0. The van der Waals surface area contributed by atoms with Gasteiger partial charge in [-0.3, -0.25) is 0 Å². The molecule has 0 aromatic heterocycles. The molecule has 1 N–H and O–H groups in total. The summed E-state index contributed by atoms with van der Waals surface area (Å²) in [4.78, 5) is 2.25. The molecule has 1 rings (SSSR count). The lowest BCUT2D eigenvalue weighted by Crippen LogP contribution is -2.40. The van der Waals surface area contributed by atoms with Crippen LogP contribution in [-0.4, -0.2) is 37.6 Å². The van der Waals surface area contributed by atoms with Crippen LogP contribution < -0.4 is 5.32 Å². The molecule has 2 nitrogen and oxygen atoms in total. The summed E-state index contributed by atoms with van der Waals surface area (Å²) in [5.41, 5.74) is 0. The number of hydrogen-bond acceptors (Lipinski definition) is 2. The predicted molar refractivity (Wildman–Crippen MR) is 57.9 cm³/mol. The minimum atomic E-state index is 0.621. The Balaban J connectivity index is 2.17. The van der Waals surface area contributed by atoms with Crippen molar-refractivity contribution in [2.24, 2.45) is 0 Å². The molecule has 0 saturated carbocycles. The summed E-state index contributed by atoms with van der Waals surface area (Å²) < 4.78 is 0. The molecule has 0 fully saturated rings. The Bertz CT molecular complexity index is 163. The fourth-order valence-electron chi connectivity index (χ4n) is 1.49. The standard InChI is InChI=1S/C11H22N2/c1-10(13(2)3)9-12-11-7-5-4-6-8-11/h5,7,10-12H,4,6,8-9H2,1-3H3. The van der Waals surface area contributed by atoms with Gasteiger partial charge in [-0.15, -0.1) is 0 Å². The van der Waals surface area contributed by atoms with Crippen LogP contribution in [0.4, 0.5) is 0 Å². The molecule has 0 bridgehead atoms. The SMILES string of the molecule is CC(CNC1C=CCCC1)N(C)C. The van der Waals surface area contributed by atoms with E-state index in [0.717, 1.165) is 6.54 Å². The van der Waals surface area contributed by atoms with Crippen molar-refractivity contribution in [2.45, 2.75) is 38.3 Å². The monoisotopic (exact) mass is 182 g/mol. The van der Waals surface area contributed by atoms with E-state index in [1.165, 1.54) is 19.3 Å². The van der Waals surface area contributed by atoms with Crippen molar-refractivity contribution in [3.63, 3.8) is 0 Å². The van der Waals surface area contributed by atoms with Gasteiger partial charge in [0.2, 0.25) is 0 Å². The summed E-state index contributed by atoms with van der Waals surface area (Å²) >= 11 is 0. The van der Waals surface area contributed by atoms with Gasteiger partial charge in [-0.05, 0) is 40.3 Å². The van der Waals surface area contributed by atoms with Gasteiger partial charge in [0.1, 0.15) is 0 Å². The molecular weight excluding hydrogens is 160 g/mol. The molecule has 0 aliphatic heterocycles. The molecule has 0 amide bonds. The minimum absolute atomic E-state index is 0.621. The van der Waals surface area contributed by atoms with Crippen molar-refractivity contribution in [2.75, 3.05) is 20.6 Å². The number of allylic oxidation sites excluding steroid dienone is 1. The molecule has 76 valence electrons. The van der Waals surface area contributed by atoms with Crippen molar-refractivity contribution < 1.29 is 0 Å². The van der Waals surface area contributed by atoms with Gasteiger partial charge in [-0.1, -0.05) is 12.2 Å². The van der Waals surface area contributed by atoms with Gasteiger partial charge in [0.15, 0.2) is 0 Å². The van der Waals surface area contributed by atoms with Crippen LogP contribution in [0.25, 0.3) is 0 Å². The summed E-state index contributed by atoms with van der Waals surface area (Å²) in [5, 5.41) is 3.57. The highest BCUT2D eigenvalue weighted by Gasteiger charge is 2.09. The average Bonchev–Trinajstić information content (AvgIpc) is 2.15. The van der Waals surface area contributed by atoms with Crippen molar-refractivity contribution in [3.8, 4) is 0 Å². The van der Waals surface area contributed by atoms with E-state index in [4.69, 9.17) is 0 Å². The highest BCUT2D eigenvalue weighted by molar-refractivity contribution is 4.97. The first-order valence-corrected chi connectivity index (χ1v) is 5.26. The van der Waals surface area contributed by atoms with Crippen LogP contribution in [0.2, 0.25) is 0 Å². The second-order valence-corrected chi connectivity index (χ2v) is 4.19.